The Labute approximate surface area is 275 Å². The van der Waals surface area contributed by atoms with Gasteiger partial charge < -0.3 is 20.4 Å². The van der Waals surface area contributed by atoms with E-state index in [1.54, 1.807) is 19.2 Å². The molecule has 1 saturated carbocycles. The number of aromatic nitrogens is 2. The van der Waals surface area contributed by atoms with E-state index in [1.165, 1.54) is 48.9 Å². The number of aliphatic hydroxyl groups is 1. The molecule has 3 atom stereocenters. The number of piperidine rings is 1. The lowest BCUT2D eigenvalue weighted by Gasteiger charge is -2.35. The van der Waals surface area contributed by atoms with Crippen LogP contribution in [0.2, 0.25) is 0 Å². The van der Waals surface area contributed by atoms with Crippen molar-refractivity contribution in [1.29, 1.82) is 0 Å². The van der Waals surface area contributed by atoms with Crippen LogP contribution in [0.15, 0.2) is 54.6 Å². The normalized spacial score (nSPS) is 20.0. The molecule has 0 bridgehead atoms. The van der Waals surface area contributed by atoms with Crippen molar-refractivity contribution in [2.24, 2.45) is 11.8 Å². The number of likely N-dealkylation sites (tertiary alicyclic amines) is 1. The average Bonchev–Trinajstić information content (AvgIpc) is 3.64. The van der Waals surface area contributed by atoms with Gasteiger partial charge in [-0.2, -0.15) is 5.10 Å². The van der Waals surface area contributed by atoms with Gasteiger partial charge in [0.1, 0.15) is 11.9 Å². The molecule has 252 valence electrons. The maximum atomic E-state index is 13.8. The minimum atomic E-state index is -0.817. The van der Waals surface area contributed by atoms with E-state index in [-0.39, 0.29) is 11.7 Å². The lowest BCUT2D eigenvalue weighted by molar-refractivity contribution is -0.140. The molecule has 0 spiro atoms. The Morgan fingerprint density at radius 3 is 2.30 bits per heavy atom. The summed E-state index contributed by atoms with van der Waals surface area (Å²) in [6, 6.07) is 17.4. The molecule has 2 aromatic carbocycles. The number of halogens is 1. The molecular weight excluding hydrogens is 579 g/mol. The number of hydrogen-bond donors (Lipinski definition) is 3. The fourth-order valence-electron chi connectivity index (χ4n) is 7.31. The zero-order valence-corrected chi connectivity index (χ0v) is 28.7. The molecule has 0 radical (unpaired) electrons. The minimum absolute atomic E-state index is 0.109. The smallest absolute Gasteiger partial charge is 0.320 e. The molecule has 46 heavy (non-hydrogen) atoms. The van der Waals surface area contributed by atoms with Gasteiger partial charge in [-0.25, -0.2) is 4.39 Å². The molecule has 1 aliphatic carbocycles. The number of carboxylic acids is 1. The first-order valence-electron chi connectivity index (χ1n) is 17.2. The van der Waals surface area contributed by atoms with Gasteiger partial charge in [-0.3, -0.25) is 9.48 Å². The third-order valence-electron chi connectivity index (χ3n) is 9.89. The van der Waals surface area contributed by atoms with Gasteiger partial charge in [0.2, 0.25) is 0 Å². The summed E-state index contributed by atoms with van der Waals surface area (Å²) in [5, 5.41) is 26.4. The average molecular weight is 635 g/mol. The predicted octanol–water partition coefficient (Wildman–Crippen LogP) is 6.94. The first-order chi connectivity index (χ1) is 21.9. The summed E-state index contributed by atoms with van der Waals surface area (Å²) in [6.07, 6.45) is 6.84. The molecule has 2 aliphatic rings. The highest BCUT2D eigenvalue weighted by atomic mass is 19.1. The van der Waals surface area contributed by atoms with E-state index < -0.39 is 17.6 Å². The largest absolute Gasteiger partial charge is 0.480 e. The Hall–Kier alpha value is -3.07. The zero-order valence-electron chi connectivity index (χ0n) is 28.7. The Kier molecular flexibility index (Phi) is 12.6. The van der Waals surface area contributed by atoms with Gasteiger partial charge in [-0.15, -0.1) is 0 Å². The van der Waals surface area contributed by atoms with Crippen molar-refractivity contribution < 1.29 is 19.4 Å². The number of nitrogens with zero attached hydrogens (tertiary/aromatic N) is 3. The molecule has 8 heteroatoms. The fraction of sp³-hybridized carbons (Fsp3) is 0.579. The number of hydrogen-bond acceptors (Lipinski definition) is 5. The fourth-order valence-corrected chi connectivity index (χ4v) is 7.31. The van der Waals surface area contributed by atoms with E-state index in [4.69, 9.17) is 10.2 Å². The van der Waals surface area contributed by atoms with Crippen molar-refractivity contribution in [2.75, 3.05) is 26.7 Å². The van der Waals surface area contributed by atoms with Gasteiger partial charge in [0, 0.05) is 31.1 Å². The molecule has 3 aromatic rings. The molecule has 2 heterocycles. The summed E-state index contributed by atoms with van der Waals surface area (Å²) < 4.78 is 16.0. The highest BCUT2D eigenvalue weighted by molar-refractivity contribution is 5.73. The van der Waals surface area contributed by atoms with Crippen LogP contribution in [0.1, 0.15) is 107 Å². The van der Waals surface area contributed by atoms with Crippen molar-refractivity contribution in [3.05, 3.63) is 88.5 Å². The molecule has 2 fully saturated rings. The van der Waals surface area contributed by atoms with Crippen LogP contribution in [0.5, 0.6) is 0 Å². The highest BCUT2D eigenvalue weighted by Gasteiger charge is 2.32. The lowest BCUT2D eigenvalue weighted by Crippen LogP contribution is -2.38. The summed E-state index contributed by atoms with van der Waals surface area (Å²) in [6.45, 7) is 13.8. The number of carboxylic acid groups (broad SMARTS) is 1. The lowest BCUT2D eigenvalue weighted by atomic mass is 9.87. The number of rotatable bonds is 11. The highest BCUT2D eigenvalue weighted by Crippen LogP contribution is 2.41. The van der Waals surface area contributed by atoms with Crippen LogP contribution in [0.4, 0.5) is 4.39 Å². The zero-order chi connectivity index (χ0) is 33.4. The van der Waals surface area contributed by atoms with Crippen LogP contribution in [-0.4, -0.2) is 63.6 Å². The van der Waals surface area contributed by atoms with Crippen molar-refractivity contribution in [3.8, 4) is 0 Å². The molecule has 1 saturated heterocycles. The van der Waals surface area contributed by atoms with Gasteiger partial charge in [-0.05, 0) is 119 Å². The predicted molar refractivity (Wildman–Crippen MR) is 183 cm³/mol. The Morgan fingerprint density at radius 2 is 1.76 bits per heavy atom. The van der Waals surface area contributed by atoms with Crippen LogP contribution in [0.25, 0.3) is 0 Å². The van der Waals surface area contributed by atoms with E-state index >= 15 is 0 Å². The quantitative estimate of drug-likeness (QED) is 0.212. The molecule has 3 N–H and O–H groups in total. The van der Waals surface area contributed by atoms with Gasteiger partial charge in [0.15, 0.2) is 0 Å². The second-order valence-corrected chi connectivity index (χ2v) is 14.1. The summed E-state index contributed by atoms with van der Waals surface area (Å²) in [7, 11) is 1.65. The van der Waals surface area contributed by atoms with Crippen molar-refractivity contribution in [2.45, 2.75) is 103 Å². The maximum absolute atomic E-state index is 13.8. The summed E-state index contributed by atoms with van der Waals surface area (Å²) in [5.74, 6) is 0.934. The monoisotopic (exact) mass is 634 g/mol. The Morgan fingerprint density at radius 1 is 1.07 bits per heavy atom. The number of benzene rings is 2. The Bertz CT molecular complexity index is 1390. The van der Waals surface area contributed by atoms with E-state index in [0.717, 1.165) is 43.9 Å². The number of nitrogens with one attached hydrogen (secondary N) is 1. The third-order valence-corrected chi connectivity index (χ3v) is 9.89. The molecule has 2 unspecified atom stereocenters. The van der Waals surface area contributed by atoms with Gasteiger partial charge in [0.05, 0.1) is 11.3 Å². The molecule has 1 aliphatic heterocycles. The van der Waals surface area contributed by atoms with Crippen LogP contribution < -0.4 is 5.32 Å². The summed E-state index contributed by atoms with van der Waals surface area (Å²) in [5.41, 5.74) is 5.03. The second-order valence-electron chi connectivity index (χ2n) is 14.1. The van der Waals surface area contributed by atoms with E-state index in [9.17, 15) is 14.3 Å². The maximum Gasteiger partial charge on any atom is 0.320 e. The van der Waals surface area contributed by atoms with E-state index in [2.05, 4.69) is 46.1 Å². The van der Waals surface area contributed by atoms with Crippen molar-refractivity contribution >= 4 is 5.97 Å². The minimum Gasteiger partial charge on any atom is -0.480 e. The van der Waals surface area contributed by atoms with E-state index in [1.807, 2.05) is 45.9 Å². The number of likely N-dealkylation sites (N-methyl/N-ethyl adjacent to an activating group) is 1. The van der Waals surface area contributed by atoms with Crippen LogP contribution in [0, 0.1) is 17.7 Å². The van der Waals surface area contributed by atoms with Gasteiger partial charge in [-0.1, -0.05) is 56.7 Å². The molecule has 0 amide bonds. The van der Waals surface area contributed by atoms with Crippen molar-refractivity contribution in [1.82, 2.24) is 20.0 Å². The van der Waals surface area contributed by atoms with Gasteiger partial charge >= 0.3 is 5.97 Å². The Balaban J connectivity index is 0.000000468. The first kappa shape index (κ1) is 35.8. The number of aryl methyl sites for hydroxylation is 1. The molecular formula is C38H55FN4O3. The SMILES string of the molecule is CCn1nc(Cc2ccc(C(C)(C)O)cc2)cc1C1CCN(CC2CCC[C@@H]2c2cccc(F)c2)CC1.CNC(C(=O)O)C(C)C. The second kappa shape index (κ2) is 16.2. The first-order valence-corrected chi connectivity index (χ1v) is 17.2. The molecule has 7 nitrogen and oxygen atoms in total. The van der Waals surface area contributed by atoms with Crippen LogP contribution in [0.3, 0.4) is 0 Å². The van der Waals surface area contributed by atoms with Crippen LogP contribution >= 0.6 is 0 Å². The summed E-state index contributed by atoms with van der Waals surface area (Å²) >= 11 is 0. The molecule has 5 rings (SSSR count). The van der Waals surface area contributed by atoms with E-state index in [0.29, 0.717) is 17.8 Å². The third kappa shape index (κ3) is 9.49. The topological polar surface area (TPSA) is 90.6 Å². The number of carbonyl (C=O) groups is 1. The molecule has 1 aromatic heterocycles. The van der Waals surface area contributed by atoms with Gasteiger partial charge in [0.25, 0.3) is 0 Å². The van der Waals surface area contributed by atoms with Crippen LogP contribution in [-0.2, 0) is 23.4 Å². The standard InChI is InChI=1S/C32H42FN3O.C6H13NO2/c1-4-36-31(21-29(34-36)19-23-11-13-27(14-12-23)32(2,3)37)24-15-17-35(18-16-24)22-26-8-6-10-30(26)25-7-5-9-28(33)20-25;1-4(2)5(7-3)6(8)9/h5,7,9,11-14,20-21,24,26,30,37H,4,6,8,10,15-19,22H2,1-3H3;4-5,7H,1-3H3,(H,8,9)/t26?,30-;/m1./s1. The van der Waals surface area contributed by atoms with Crippen molar-refractivity contribution in [3.63, 3.8) is 0 Å². The number of aliphatic carboxylic acids is 1. The summed E-state index contributed by atoms with van der Waals surface area (Å²) in [4.78, 5) is 13.0.